The number of nitrogens with zero attached hydrogens (tertiary/aromatic N) is 2. The first-order chi connectivity index (χ1) is 10.1. The summed E-state index contributed by atoms with van der Waals surface area (Å²) in [6.45, 7) is 0. The van der Waals surface area contributed by atoms with Gasteiger partial charge in [0, 0.05) is 5.92 Å². The molecule has 0 aliphatic heterocycles. The van der Waals surface area contributed by atoms with Crippen LogP contribution in [0.25, 0.3) is 0 Å². The highest BCUT2D eigenvalue weighted by molar-refractivity contribution is 5.32. The van der Waals surface area contributed by atoms with Crippen LogP contribution in [-0.2, 0) is 5.54 Å². The third-order valence-electron chi connectivity index (χ3n) is 4.60. The predicted molar refractivity (Wildman–Crippen MR) is 70.5 cm³/mol. The van der Waals surface area contributed by atoms with E-state index in [1.54, 1.807) is 0 Å². The number of nitrogens with two attached hydrogens (primary N) is 1. The van der Waals surface area contributed by atoms with Crippen LogP contribution >= 0.6 is 0 Å². The van der Waals surface area contributed by atoms with Gasteiger partial charge in [-0.3, -0.25) is 0 Å². The average Bonchev–Trinajstić information content (AvgIpc) is 3.07. The normalized spacial score (nSPS) is 26.4. The minimum absolute atomic E-state index is 0.0359. The van der Waals surface area contributed by atoms with Gasteiger partial charge >= 0.3 is 0 Å². The van der Waals surface area contributed by atoms with Crippen LogP contribution in [0.1, 0.15) is 54.8 Å². The molecular weight excluding hydrogens is 276 g/mol. The van der Waals surface area contributed by atoms with E-state index >= 15 is 0 Å². The summed E-state index contributed by atoms with van der Waals surface area (Å²) < 4.78 is 32.3. The number of hydrogen-bond acceptors (Lipinski definition) is 4. The van der Waals surface area contributed by atoms with Crippen molar-refractivity contribution >= 4 is 0 Å². The fraction of sp³-hybridized carbons (Fsp3) is 0.467. The van der Waals surface area contributed by atoms with Crippen LogP contribution in [0.3, 0.4) is 0 Å². The molecule has 4 nitrogen and oxygen atoms in total. The van der Waals surface area contributed by atoms with Crippen molar-refractivity contribution in [2.75, 3.05) is 0 Å². The lowest BCUT2D eigenvalue weighted by atomic mass is 9.77. The SMILES string of the molecule is NC1(c2noc(C3CC3c3cc(F)ccc3F)n2)CCC1. The first kappa shape index (κ1) is 12.9. The van der Waals surface area contributed by atoms with E-state index in [0.717, 1.165) is 31.4 Å². The van der Waals surface area contributed by atoms with E-state index < -0.39 is 17.2 Å². The molecule has 2 unspecified atom stereocenters. The van der Waals surface area contributed by atoms with Gasteiger partial charge in [0.25, 0.3) is 0 Å². The second-order valence-electron chi connectivity index (χ2n) is 6.08. The largest absolute Gasteiger partial charge is 0.339 e. The Bertz CT molecular complexity index is 696. The molecule has 2 aliphatic carbocycles. The lowest BCUT2D eigenvalue weighted by molar-refractivity contribution is 0.229. The molecule has 0 bridgehead atoms. The zero-order valence-electron chi connectivity index (χ0n) is 11.4. The van der Waals surface area contributed by atoms with Crippen molar-refractivity contribution in [1.29, 1.82) is 0 Å². The predicted octanol–water partition coefficient (Wildman–Crippen LogP) is 2.96. The van der Waals surface area contributed by atoms with Crippen molar-refractivity contribution in [2.24, 2.45) is 5.73 Å². The van der Waals surface area contributed by atoms with Gasteiger partial charge in [-0.2, -0.15) is 4.98 Å². The highest BCUT2D eigenvalue weighted by Crippen LogP contribution is 2.55. The van der Waals surface area contributed by atoms with Gasteiger partial charge in [0.2, 0.25) is 5.89 Å². The highest BCUT2D eigenvalue weighted by atomic mass is 19.1. The Labute approximate surface area is 120 Å². The molecule has 21 heavy (non-hydrogen) atoms. The van der Waals surface area contributed by atoms with Crippen LogP contribution in [0.2, 0.25) is 0 Å². The van der Waals surface area contributed by atoms with Gasteiger partial charge in [-0.1, -0.05) is 5.16 Å². The Hall–Kier alpha value is -1.82. The summed E-state index contributed by atoms with van der Waals surface area (Å²) >= 11 is 0. The van der Waals surface area contributed by atoms with E-state index in [1.165, 1.54) is 6.07 Å². The second-order valence-corrected chi connectivity index (χ2v) is 6.08. The summed E-state index contributed by atoms with van der Waals surface area (Å²) in [5, 5.41) is 3.96. The molecule has 110 valence electrons. The van der Waals surface area contributed by atoms with Crippen molar-refractivity contribution in [1.82, 2.24) is 10.1 Å². The fourth-order valence-electron chi connectivity index (χ4n) is 2.98. The molecular formula is C15H15F2N3O. The third-order valence-corrected chi connectivity index (χ3v) is 4.60. The van der Waals surface area contributed by atoms with E-state index in [1.807, 2.05) is 0 Å². The van der Waals surface area contributed by atoms with Gasteiger partial charge < -0.3 is 10.3 Å². The van der Waals surface area contributed by atoms with E-state index in [0.29, 0.717) is 23.7 Å². The van der Waals surface area contributed by atoms with Crippen molar-refractivity contribution < 1.29 is 13.3 Å². The smallest absolute Gasteiger partial charge is 0.230 e. The second kappa shape index (κ2) is 4.34. The van der Waals surface area contributed by atoms with Crippen LogP contribution in [0.5, 0.6) is 0 Å². The lowest BCUT2D eigenvalue weighted by Crippen LogP contribution is -2.44. The molecule has 1 aromatic carbocycles. The molecule has 2 saturated carbocycles. The van der Waals surface area contributed by atoms with Gasteiger partial charge in [-0.15, -0.1) is 0 Å². The van der Waals surface area contributed by atoms with Crippen molar-refractivity contribution in [3.63, 3.8) is 0 Å². The molecule has 0 radical (unpaired) electrons. The number of rotatable bonds is 3. The summed E-state index contributed by atoms with van der Waals surface area (Å²) in [6, 6.07) is 3.52. The number of benzene rings is 1. The van der Waals surface area contributed by atoms with Crippen LogP contribution in [0, 0.1) is 11.6 Å². The lowest BCUT2D eigenvalue weighted by Gasteiger charge is -2.34. The van der Waals surface area contributed by atoms with Crippen LogP contribution in [0.15, 0.2) is 22.7 Å². The minimum Gasteiger partial charge on any atom is -0.339 e. The molecule has 6 heteroatoms. The summed E-state index contributed by atoms with van der Waals surface area (Å²) in [5.41, 5.74) is 6.07. The minimum atomic E-state index is -0.462. The summed E-state index contributed by atoms with van der Waals surface area (Å²) in [4.78, 5) is 4.37. The molecule has 1 heterocycles. The Kier molecular flexibility index (Phi) is 2.66. The molecule has 0 spiro atoms. The average molecular weight is 291 g/mol. The Morgan fingerprint density at radius 2 is 2.05 bits per heavy atom. The third kappa shape index (κ3) is 2.05. The van der Waals surface area contributed by atoms with Crippen molar-refractivity contribution in [3.05, 3.63) is 47.1 Å². The van der Waals surface area contributed by atoms with E-state index in [9.17, 15) is 8.78 Å². The molecule has 2 aliphatic rings. The molecule has 0 amide bonds. The van der Waals surface area contributed by atoms with E-state index in [2.05, 4.69) is 10.1 Å². The first-order valence-electron chi connectivity index (χ1n) is 7.15. The molecule has 2 N–H and O–H groups in total. The number of halogens is 2. The Balaban J connectivity index is 1.56. The summed E-state index contributed by atoms with van der Waals surface area (Å²) in [6.07, 6.45) is 3.48. The number of hydrogen-bond donors (Lipinski definition) is 1. The quantitative estimate of drug-likeness (QED) is 0.944. The molecule has 4 rings (SSSR count). The van der Waals surface area contributed by atoms with Gasteiger partial charge in [0.15, 0.2) is 5.82 Å². The molecule has 2 atom stereocenters. The Morgan fingerprint density at radius 3 is 2.76 bits per heavy atom. The van der Waals surface area contributed by atoms with Crippen LogP contribution < -0.4 is 5.73 Å². The topological polar surface area (TPSA) is 64.9 Å². The first-order valence-corrected chi connectivity index (χ1v) is 7.15. The van der Waals surface area contributed by atoms with Crippen LogP contribution in [-0.4, -0.2) is 10.1 Å². The zero-order chi connectivity index (χ0) is 14.6. The highest BCUT2D eigenvalue weighted by Gasteiger charge is 2.47. The molecule has 2 aromatic rings. The maximum atomic E-state index is 13.8. The zero-order valence-corrected chi connectivity index (χ0v) is 11.4. The number of aromatic nitrogens is 2. The molecule has 0 saturated heterocycles. The van der Waals surface area contributed by atoms with Gasteiger partial charge in [0.05, 0.1) is 5.54 Å². The van der Waals surface area contributed by atoms with Crippen LogP contribution in [0.4, 0.5) is 8.78 Å². The van der Waals surface area contributed by atoms with Crippen molar-refractivity contribution in [2.45, 2.75) is 43.1 Å². The van der Waals surface area contributed by atoms with E-state index in [-0.39, 0.29) is 11.8 Å². The Morgan fingerprint density at radius 1 is 1.24 bits per heavy atom. The van der Waals surface area contributed by atoms with E-state index in [4.69, 9.17) is 10.3 Å². The standard InChI is InChI=1S/C15H15F2N3O/c16-8-2-3-12(17)10(6-8)9-7-11(9)13-19-14(20-21-13)15(18)4-1-5-15/h2-3,6,9,11H,1,4-5,7,18H2. The van der Waals surface area contributed by atoms with Gasteiger partial charge in [-0.05, 0) is 55.4 Å². The van der Waals surface area contributed by atoms with Gasteiger partial charge in [-0.25, -0.2) is 8.78 Å². The summed E-state index contributed by atoms with van der Waals surface area (Å²) in [5.74, 6) is 0.0661. The maximum Gasteiger partial charge on any atom is 0.230 e. The fourth-order valence-corrected chi connectivity index (χ4v) is 2.98. The molecule has 1 aromatic heterocycles. The monoisotopic (exact) mass is 291 g/mol. The summed E-state index contributed by atoms with van der Waals surface area (Å²) in [7, 11) is 0. The maximum absolute atomic E-state index is 13.8. The van der Waals surface area contributed by atoms with Gasteiger partial charge in [0.1, 0.15) is 11.6 Å². The van der Waals surface area contributed by atoms with Crippen molar-refractivity contribution in [3.8, 4) is 0 Å². The molecule has 2 fully saturated rings.